The molecule has 1 aromatic heterocycles. The first-order chi connectivity index (χ1) is 7.31. The van der Waals surface area contributed by atoms with Gasteiger partial charge in [0.1, 0.15) is 5.52 Å². The lowest BCUT2D eigenvalue weighted by Crippen LogP contribution is -1.87. The second kappa shape index (κ2) is 4.79. The molecule has 0 N–H and O–H groups in total. The molecule has 1 aromatic carbocycles. The van der Waals surface area contributed by atoms with Gasteiger partial charge in [0, 0.05) is 4.47 Å². The fraction of sp³-hybridized carbons (Fsp3) is 0.417. The quantitative estimate of drug-likeness (QED) is 0.771. The van der Waals surface area contributed by atoms with E-state index in [-0.39, 0.29) is 0 Å². The van der Waals surface area contributed by atoms with Crippen molar-refractivity contribution in [2.75, 3.05) is 0 Å². The second-order valence-electron chi connectivity index (χ2n) is 3.72. The summed E-state index contributed by atoms with van der Waals surface area (Å²) in [5, 5.41) is 0. The van der Waals surface area contributed by atoms with Gasteiger partial charge in [0.25, 0.3) is 0 Å². The number of hydrogen-bond donors (Lipinski definition) is 0. The third kappa shape index (κ3) is 2.40. The number of aryl methyl sites for hydroxylation is 1. The molecule has 0 aliphatic carbocycles. The fourth-order valence-corrected chi connectivity index (χ4v) is 2.25. The van der Waals surface area contributed by atoms with Crippen molar-refractivity contribution in [1.29, 1.82) is 0 Å². The average Bonchev–Trinajstić information content (AvgIpc) is 2.65. The maximum atomic E-state index is 5.40. The second-order valence-corrected chi connectivity index (χ2v) is 4.64. The van der Waals surface area contributed by atoms with Crippen molar-refractivity contribution in [3.63, 3.8) is 0 Å². The van der Waals surface area contributed by atoms with Crippen LogP contribution in [-0.4, -0.2) is 4.98 Å². The zero-order valence-corrected chi connectivity index (χ0v) is 10.4. The number of aromatic nitrogens is 1. The number of hydrogen-bond acceptors (Lipinski definition) is 2. The Morgan fingerprint density at radius 2 is 2.20 bits per heavy atom. The van der Waals surface area contributed by atoms with E-state index in [0.29, 0.717) is 0 Å². The molecule has 0 amide bonds. The Kier molecular flexibility index (Phi) is 3.41. The molecule has 0 aliphatic rings. The van der Waals surface area contributed by atoms with Crippen molar-refractivity contribution in [2.24, 2.45) is 0 Å². The van der Waals surface area contributed by atoms with Crippen LogP contribution >= 0.6 is 15.9 Å². The van der Waals surface area contributed by atoms with Gasteiger partial charge >= 0.3 is 0 Å². The van der Waals surface area contributed by atoms with Crippen molar-refractivity contribution in [3.05, 3.63) is 28.6 Å². The van der Waals surface area contributed by atoms with Crippen molar-refractivity contribution in [1.82, 2.24) is 4.98 Å². The molecule has 0 atom stereocenters. The highest BCUT2D eigenvalue weighted by Gasteiger charge is 2.06. The van der Waals surface area contributed by atoms with Crippen molar-refractivity contribution < 1.29 is 4.42 Å². The number of halogens is 1. The standard InChI is InChI=1S/C12H14BrNO/c1-2-3-4-5-9-6-10(13)7-11-12(9)15-8-14-11/h6-8H,2-5H2,1H3. The number of fused-ring (bicyclic) bond motifs is 1. The molecule has 0 aliphatic heterocycles. The summed E-state index contributed by atoms with van der Waals surface area (Å²) >= 11 is 3.50. The van der Waals surface area contributed by atoms with Crippen LogP contribution in [0.5, 0.6) is 0 Å². The maximum absolute atomic E-state index is 5.40. The van der Waals surface area contributed by atoms with Gasteiger partial charge in [-0.05, 0) is 30.5 Å². The molecule has 0 saturated heterocycles. The first-order valence-electron chi connectivity index (χ1n) is 5.33. The highest BCUT2D eigenvalue weighted by molar-refractivity contribution is 9.10. The van der Waals surface area contributed by atoms with Crippen LogP contribution < -0.4 is 0 Å². The highest BCUT2D eigenvalue weighted by Crippen LogP contribution is 2.24. The molecule has 2 nitrogen and oxygen atoms in total. The minimum Gasteiger partial charge on any atom is -0.443 e. The number of benzene rings is 1. The molecule has 0 unspecified atom stereocenters. The normalized spacial score (nSPS) is 11.1. The summed E-state index contributed by atoms with van der Waals surface area (Å²) in [5.41, 5.74) is 3.13. The van der Waals surface area contributed by atoms with Gasteiger partial charge in [-0.15, -0.1) is 0 Å². The van der Waals surface area contributed by atoms with E-state index in [1.165, 1.54) is 31.2 Å². The van der Waals surface area contributed by atoms with Gasteiger partial charge in [-0.2, -0.15) is 0 Å². The lowest BCUT2D eigenvalue weighted by molar-refractivity contribution is 0.595. The Morgan fingerprint density at radius 1 is 1.33 bits per heavy atom. The average molecular weight is 268 g/mol. The number of rotatable bonds is 4. The zero-order valence-electron chi connectivity index (χ0n) is 8.79. The molecule has 0 bridgehead atoms. The van der Waals surface area contributed by atoms with Crippen molar-refractivity contribution in [2.45, 2.75) is 32.6 Å². The minimum absolute atomic E-state index is 0.939. The third-order valence-corrected chi connectivity index (χ3v) is 2.98. The van der Waals surface area contributed by atoms with Gasteiger partial charge in [-0.1, -0.05) is 35.7 Å². The van der Waals surface area contributed by atoms with E-state index in [9.17, 15) is 0 Å². The summed E-state index contributed by atoms with van der Waals surface area (Å²) < 4.78 is 6.48. The first kappa shape index (κ1) is 10.7. The Morgan fingerprint density at radius 3 is 3.00 bits per heavy atom. The monoisotopic (exact) mass is 267 g/mol. The third-order valence-electron chi connectivity index (χ3n) is 2.52. The molecule has 0 saturated carbocycles. The molecule has 80 valence electrons. The first-order valence-corrected chi connectivity index (χ1v) is 6.12. The van der Waals surface area contributed by atoms with E-state index in [4.69, 9.17) is 4.42 Å². The van der Waals surface area contributed by atoms with Gasteiger partial charge in [-0.3, -0.25) is 0 Å². The van der Waals surface area contributed by atoms with Crippen LogP contribution in [0.15, 0.2) is 27.4 Å². The molecule has 2 rings (SSSR count). The van der Waals surface area contributed by atoms with Crippen LogP contribution in [0.1, 0.15) is 31.7 Å². The summed E-state index contributed by atoms with van der Waals surface area (Å²) in [6, 6.07) is 4.12. The predicted molar refractivity (Wildman–Crippen MR) is 64.9 cm³/mol. The van der Waals surface area contributed by atoms with Gasteiger partial charge in [0.15, 0.2) is 12.0 Å². The van der Waals surface area contributed by atoms with Crippen LogP contribution in [0, 0.1) is 0 Å². The maximum Gasteiger partial charge on any atom is 0.181 e. The summed E-state index contributed by atoms with van der Waals surface area (Å²) in [6.07, 6.45) is 6.30. The molecular weight excluding hydrogens is 254 g/mol. The van der Waals surface area contributed by atoms with E-state index in [1.807, 2.05) is 6.07 Å². The lowest BCUT2D eigenvalue weighted by Gasteiger charge is -2.02. The minimum atomic E-state index is 0.939. The molecule has 2 aromatic rings. The Balaban J connectivity index is 2.27. The molecular formula is C12H14BrNO. The summed E-state index contributed by atoms with van der Waals surface area (Å²) in [7, 11) is 0. The van der Waals surface area contributed by atoms with E-state index >= 15 is 0 Å². The summed E-state index contributed by atoms with van der Waals surface area (Å²) in [5.74, 6) is 0. The Labute approximate surface area is 97.8 Å². The van der Waals surface area contributed by atoms with Gasteiger partial charge < -0.3 is 4.42 Å². The van der Waals surface area contributed by atoms with Gasteiger partial charge in [0.05, 0.1) is 0 Å². The summed E-state index contributed by atoms with van der Waals surface area (Å²) in [4.78, 5) is 4.17. The van der Waals surface area contributed by atoms with E-state index in [0.717, 1.165) is 22.0 Å². The van der Waals surface area contributed by atoms with E-state index in [1.54, 1.807) is 0 Å². The van der Waals surface area contributed by atoms with Gasteiger partial charge in [0.2, 0.25) is 0 Å². The van der Waals surface area contributed by atoms with Crippen LogP contribution in [0.2, 0.25) is 0 Å². The SMILES string of the molecule is CCCCCc1cc(Br)cc2ncoc12. The largest absolute Gasteiger partial charge is 0.443 e. The van der Waals surface area contributed by atoms with Crippen molar-refractivity contribution >= 4 is 27.0 Å². The highest BCUT2D eigenvalue weighted by atomic mass is 79.9. The molecule has 0 radical (unpaired) electrons. The number of nitrogens with zero attached hydrogens (tertiary/aromatic N) is 1. The zero-order chi connectivity index (χ0) is 10.7. The molecule has 15 heavy (non-hydrogen) atoms. The van der Waals surface area contributed by atoms with E-state index < -0.39 is 0 Å². The Hall–Kier alpha value is -0.830. The molecule has 1 heterocycles. The van der Waals surface area contributed by atoms with Gasteiger partial charge in [-0.25, -0.2) is 4.98 Å². The van der Waals surface area contributed by atoms with Crippen LogP contribution in [0.25, 0.3) is 11.1 Å². The van der Waals surface area contributed by atoms with Crippen molar-refractivity contribution in [3.8, 4) is 0 Å². The smallest absolute Gasteiger partial charge is 0.181 e. The van der Waals surface area contributed by atoms with E-state index in [2.05, 4.69) is 33.9 Å². The molecule has 3 heteroatoms. The Bertz CT molecular complexity index is 450. The molecule has 0 fully saturated rings. The van der Waals surface area contributed by atoms with Crippen LogP contribution in [-0.2, 0) is 6.42 Å². The molecule has 0 spiro atoms. The topological polar surface area (TPSA) is 26.0 Å². The fourth-order valence-electron chi connectivity index (χ4n) is 1.75. The number of oxazole rings is 1. The summed E-state index contributed by atoms with van der Waals surface area (Å²) in [6.45, 7) is 2.21. The van der Waals surface area contributed by atoms with Crippen LogP contribution in [0.4, 0.5) is 0 Å². The number of unbranched alkanes of at least 4 members (excludes halogenated alkanes) is 2. The predicted octanol–water partition coefficient (Wildman–Crippen LogP) is 4.32. The van der Waals surface area contributed by atoms with Crippen LogP contribution in [0.3, 0.4) is 0 Å². The lowest BCUT2D eigenvalue weighted by atomic mass is 10.1.